The fourth-order valence-electron chi connectivity index (χ4n) is 2.23. The lowest BCUT2D eigenvalue weighted by Crippen LogP contribution is -2.24. The Hall–Kier alpha value is -1.74. The Bertz CT molecular complexity index is 576. The second kappa shape index (κ2) is 5.71. The summed E-state index contributed by atoms with van der Waals surface area (Å²) in [5.41, 5.74) is 1.64. The van der Waals surface area contributed by atoms with Crippen molar-refractivity contribution >= 4 is 0 Å². The van der Waals surface area contributed by atoms with E-state index in [1.54, 1.807) is 6.92 Å². The zero-order valence-electron chi connectivity index (χ0n) is 12.1. The van der Waals surface area contributed by atoms with Gasteiger partial charge in [-0.3, -0.25) is 4.98 Å². The van der Waals surface area contributed by atoms with Gasteiger partial charge in [-0.2, -0.15) is 0 Å². The summed E-state index contributed by atoms with van der Waals surface area (Å²) < 4.78 is 13.2. The van der Waals surface area contributed by atoms with Crippen LogP contribution in [0, 0.1) is 5.82 Å². The maximum atomic E-state index is 13.2. The number of rotatable bonds is 4. The summed E-state index contributed by atoms with van der Waals surface area (Å²) in [6.07, 6.45) is 3.07. The van der Waals surface area contributed by atoms with Crippen molar-refractivity contribution < 1.29 is 9.50 Å². The van der Waals surface area contributed by atoms with Crippen LogP contribution < -0.4 is 0 Å². The first-order chi connectivity index (χ1) is 9.38. The smallest absolute Gasteiger partial charge is 0.141 e. The van der Waals surface area contributed by atoms with Crippen molar-refractivity contribution in [3.63, 3.8) is 0 Å². The molecule has 1 atom stereocenters. The maximum absolute atomic E-state index is 13.2. The van der Waals surface area contributed by atoms with Crippen LogP contribution in [0.2, 0.25) is 0 Å². The van der Waals surface area contributed by atoms with Gasteiger partial charge in [-0.25, -0.2) is 4.39 Å². The number of aromatic nitrogens is 1. The van der Waals surface area contributed by atoms with E-state index in [1.165, 1.54) is 17.8 Å². The monoisotopic (exact) mass is 273 g/mol. The van der Waals surface area contributed by atoms with Gasteiger partial charge in [0.15, 0.2) is 0 Å². The molecule has 106 valence electrons. The van der Waals surface area contributed by atoms with Gasteiger partial charge in [-0.15, -0.1) is 0 Å². The number of benzene rings is 1. The van der Waals surface area contributed by atoms with E-state index in [-0.39, 0.29) is 0 Å². The molecule has 1 aromatic carbocycles. The Balaban J connectivity index is 2.19. The molecule has 0 fully saturated rings. The Morgan fingerprint density at radius 1 is 1.20 bits per heavy atom. The third-order valence-corrected chi connectivity index (χ3v) is 3.52. The van der Waals surface area contributed by atoms with E-state index in [4.69, 9.17) is 0 Å². The highest BCUT2D eigenvalue weighted by molar-refractivity contribution is 5.28. The highest BCUT2D eigenvalue weighted by atomic mass is 19.1. The van der Waals surface area contributed by atoms with Crippen molar-refractivity contribution in [2.75, 3.05) is 0 Å². The minimum Gasteiger partial charge on any atom is -0.385 e. The van der Waals surface area contributed by atoms with Crippen LogP contribution in [0.25, 0.3) is 0 Å². The predicted molar refractivity (Wildman–Crippen MR) is 78.0 cm³/mol. The third kappa shape index (κ3) is 3.42. The first kappa shape index (κ1) is 14.7. The third-order valence-electron chi connectivity index (χ3n) is 3.52. The molecular formula is C17H20FNO. The Kier molecular flexibility index (Phi) is 4.19. The molecule has 0 aliphatic heterocycles. The van der Waals surface area contributed by atoms with Crippen molar-refractivity contribution in [3.8, 4) is 0 Å². The average Bonchev–Trinajstić information content (AvgIpc) is 2.39. The largest absolute Gasteiger partial charge is 0.385 e. The van der Waals surface area contributed by atoms with E-state index in [0.717, 1.165) is 11.8 Å². The number of nitrogens with zero attached hydrogens (tertiary/aromatic N) is 1. The normalized spacial score (nSPS) is 14.3. The zero-order valence-corrected chi connectivity index (χ0v) is 12.1. The molecular weight excluding hydrogens is 253 g/mol. The molecule has 1 N–H and O–H groups in total. The van der Waals surface area contributed by atoms with E-state index in [9.17, 15) is 9.50 Å². The van der Waals surface area contributed by atoms with E-state index in [1.807, 2.05) is 12.1 Å². The average molecular weight is 273 g/mol. The van der Waals surface area contributed by atoms with E-state index in [0.29, 0.717) is 17.9 Å². The molecule has 0 bridgehead atoms. The van der Waals surface area contributed by atoms with E-state index in [2.05, 4.69) is 31.0 Å². The first-order valence-electron chi connectivity index (χ1n) is 6.81. The molecule has 1 aromatic heterocycles. The second-order valence-electron chi connectivity index (χ2n) is 5.74. The lowest BCUT2D eigenvalue weighted by atomic mass is 9.89. The van der Waals surface area contributed by atoms with Gasteiger partial charge in [0.05, 0.1) is 11.8 Å². The molecule has 0 saturated carbocycles. The van der Waals surface area contributed by atoms with Crippen molar-refractivity contribution in [2.45, 2.75) is 38.7 Å². The lowest BCUT2D eigenvalue weighted by Gasteiger charge is -2.24. The molecule has 2 nitrogen and oxygen atoms in total. The van der Waals surface area contributed by atoms with Gasteiger partial charge in [0.2, 0.25) is 0 Å². The van der Waals surface area contributed by atoms with Crippen molar-refractivity contribution in [3.05, 3.63) is 65.2 Å². The van der Waals surface area contributed by atoms with Gasteiger partial charge in [-0.05, 0) is 30.0 Å². The number of hydrogen-bond acceptors (Lipinski definition) is 2. The zero-order chi connectivity index (χ0) is 14.8. The highest BCUT2D eigenvalue weighted by Gasteiger charge is 2.24. The van der Waals surface area contributed by atoms with Crippen LogP contribution in [0.15, 0.2) is 42.7 Å². The molecule has 1 unspecified atom stereocenters. The molecule has 0 spiro atoms. The van der Waals surface area contributed by atoms with Crippen LogP contribution in [-0.4, -0.2) is 10.1 Å². The van der Waals surface area contributed by atoms with Crippen LogP contribution in [0.4, 0.5) is 4.39 Å². The molecule has 1 heterocycles. The molecule has 0 aliphatic rings. The topological polar surface area (TPSA) is 33.1 Å². The minimum absolute atomic E-state index is 0.427. The van der Waals surface area contributed by atoms with Gasteiger partial charge in [0, 0.05) is 18.2 Å². The van der Waals surface area contributed by atoms with Crippen molar-refractivity contribution in [1.29, 1.82) is 0 Å². The molecule has 0 amide bonds. The molecule has 0 aliphatic carbocycles. The second-order valence-corrected chi connectivity index (χ2v) is 5.74. The summed E-state index contributed by atoms with van der Waals surface area (Å²) in [6, 6.07) is 9.49. The van der Waals surface area contributed by atoms with Gasteiger partial charge >= 0.3 is 0 Å². The van der Waals surface area contributed by atoms with Crippen molar-refractivity contribution in [1.82, 2.24) is 4.98 Å². The number of halogens is 1. The SMILES string of the molecule is CC(C)c1ccc(CC(C)(O)c2cncc(F)c2)cc1. The number of pyridine rings is 1. The molecule has 20 heavy (non-hydrogen) atoms. The number of hydrogen-bond donors (Lipinski definition) is 1. The Labute approximate surface area is 119 Å². The first-order valence-corrected chi connectivity index (χ1v) is 6.81. The summed E-state index contributed by atoms with van der Waals surface area (Å²) >= 11 is 0. The molecule has 3 heteroatoms. The molecule has 2 aromatic rings. The molecule has 2 rings (SSSR count). The fourth-order valence-corrected chi connectivity index (χ4v) is 2.23. The Morgan fingerprint density at radius 3 is 2.40 bits per heavy atom. The summed E-state index contributed by atoms with van der Waals surface area (Å²) in [5, 5.41) is 10.5. The predicted octanol–water partition coefficient (Wildman–Crippen LogP) is 3.79. The summed E-state index contributed by atoms with van der Waals surface area (Å²) in [5.74, 6) is 0.0508. The van der Waals surface area contributed by atoms with Crippen LogP contribution in [-0.2, 0) is 12.0 Å². The van der Waals surface area contributed by atoms with Crippen molar-refractivity contribution in [2.24, 2.45) is 0 Å². The lowest BCUT2D eigenvalue weighted by molar-refractivity contribution is 0.0569. The number of aliphatic hydroxyl groups is 1. The van der Waals surface area contributed by atoms with Gasteiger partial charge in [0.1, 0.15) is 5.82 Å². The fraction of sp³-hybridized carbons (Fsp3) is 0.353. The summed E-state index contributed by atoms with van der Waals surface area (Å²) in [6.45, 7) is 5.97. The Morgan fingerprint density at radius 2 is 1.85 bits per heavy atom. The summed E-state index contributed by atoms with van der Waals surface area (Å²) in [4.78, 5) is 3.79. The van der Waals surface area contributed by atoms with Crippen LogP contribution in [0.5, 0.6) is 0 Å². The minimum atomic E-state index is -1.13. The van der Waals surface area contributed by atoms with Gasteiger partial charge in [-0.1, -0.05) is 38.1 Å². The molecule has 0 saturated heterocycles. The van der Waals surface area contributed by atoms with Gasteiger partial charge in [0.25, 0.3) is 0 Å². The van der Waals surface area contributed by atoms with E-state index < -0.39 is 11.4 Å². The highest BCUT2D eigenvalue weighted by Crippen LogP contribution is 2.26. The standard InChI is InChI=1S/C17H20FNO/c1-12(2)14-6-4-13(5-7-14)9-17(3,20)15-8-16(18)11-19-10-15/h4-8,10-12,20H,9H2,1-3H3. The van der Waals surface area contributed by atoms with Gasteiger partial charge < -0.3 is 5.11 Å². The van der Waals surface area contributed by atoms with Crippen LogP contribution >= 0.6 is 0 Å². The quantitative estimate of drug-likeness (QED) is 0.919. The molecule has 0 radical (unpaired) electrons. The summed E-state index contributed by atoms with van der Waals surface area (Å²) in [7, 11) is 0. The van der Waals surface area contributed by atoms with Crippen LogP contribution in [0.3, 0.4) is 0 Å². The van der Waals surface area contributed by atoms with Crippen LogP contribution in [0.1, 0.15) is 43.4 Å². The maximum Gasteiger partial charge on any atom is 0.141 e. The van der Waals surface area contributed by atoms with E-state index >= 15 is 0 Å².